The van der Waals surface area contributed by atoms with Gasteiger partial charge in [0, 0.05) is 19.6 Å². The molecule has 17 heavy (non-hydrogen) atoms. The summed E-state index contributed by atoms with van der Waals surface area (Å²) >= 11 is 0. The molecule has 1 heterocycles. The molecule has 0 amide bonds. The lowest BCUT2D eigenvalue weighted by Crippen LogP contribution is -2.45. The molecule has 1 aliphatic rings. The molecule has 1 saturated heterocycles. The molecule has 1 unspecified atom stereocenters. The van der Waals surface area contributed by atoms with E-state index in [9.17, 15) is 8.42 Å². The molecule has 1 atom stereocenters. The van der Waals surface area contributed by atoms with Crippen LogP contribution in [0.1, 0.15) is 40.0 Å². The molecule has 0 aliphatic carbocycles. The second kappa shape index (κ2) is 5.67. The minimum Gasteiger partial charge on any atom is -0.313 e. The molecule has 0 radical (unpaired) electrons. The van der Waals surface area contributed by atoms with Crippen LogP contribution in [0, 0.1) is 5.41 Å². The second-order valence-corrected chi connectivity index (χ2v) is 8.32. The van der Waals surface area contributed by atoms with Gasteiger partial charge in [0.15, 0.2) is 0 Å². The van der Waals surface area contributed by atoms with Crippen molar-refractivity contribution in [2.24, 2.45) is 5.41 Å². The Kier molecular flexibility index (Phi) is 4.98. The second-order valence-electron chi connectivity index (χ2n) is 6.24. The van der Waals surface area contributed by atoms with Crippen molar-refractivity contribution < 1.29 is 8.42 Å². The monoisotopic (exact) mass is 262 g/mol. The molecular weight excluding hydrogens is 236 g/mol. The summed E-state index contributed by atoms with van der Waals surface area (Å²) in [6, 6.07) is 0.323. The third-order valence-electron chi connectivity index (χ3n) is 2.98. The minimum absolute atomic E-state index is 0.187. The van der Waals surface area contributed by atoms with Crippen molar-refractivity contribution in [2.45, 2.75) is 46.1 Å². The quantitative estimate of drug-likeness (QED) is 0.834. The number of nitrogens with zero attached hydrogens (tertiary/aromatic N) is 1. The van der Waals surface area contributed by atoms with Gasteiger partial charge in [-0.25, -0.2) is 12.7 Å². The van der Waals surface area contributed by atoms with Gasteiger partial charge in [0.25, 0.3) is 0 Å². The van der Waals surface area contributed by atoms with Crippen LogP contribution in [0.4, 0.5) is 0 Å². The smallest absolute Gasteiger partial charge is 0.214 e. The van der Waals surface area contributed by atoms with E-state index in [1.807, 2.05) is 20.8 Å². The molecule has 1 rings (SSSR count). The zero-order valence-electron chi connectivity index (χ0n) is 11.5. The van der Waals surface area contributed by atoms with Gasteiger partial charge in [0.1, 0.15) is 0 Å². The van der Waals surface area contributed by atoms with E-state index < -0.39 is 10.0 Å². The van der Waals surface area contributed by atoms with Crippen molar-refractivity contribution in [3.63, 3.8) is 0 Å². The summed E-state index contributed by atoms with van der Waals surface area (Å²) in [6.07, 6.45) is 3.48. The van der Waals surface area contributed by atoms with E-state index >= 15 is 0 Å². The number of hydrogen-bond donors (Lipinski definition) is 1. The minimum atomic E-state index is -3.12. The zero-order valence-corrected chi connectivity index (χ0v) is 12.3. The summed E-state index contributed by atoms with van der Waals surface area (Å²) in [5, 5.41) is 3.38. The highest BCUT2D eigenvalue weighted by molar-refractivity contribution is 7.89. The molecule has 4 nitrogen and oxygen atoms in total. The van der Waals surface area contributed by atoms with Gasteiger partial charge in [-0.05, 0) is 24.8 Å². The molecule has 5 heteroatoms. The molecule has 102 valence electrons. The molecule has 0 aromatic heterocycles. The van der Waals surface area contributed by atoms with Crippen molar-refractivity contribution in [3.05, 3.63) is 0 Å². The van der Waals surface area contributed by atoms with Gasteiger partial charge >= 0.3 is 0 Å². The van der Waals surface area contributed by atoms with E-state index in [-0.39, 0.29) is 11.2 Å². The Morgan fingerprint density at radius 3 is 2.41 bits per heavy atom. The van der Waals surface area contributed by atoms with Gasteiger partial charge in [0.05, 0.1) is 5.75 Å². The fourth-order valence-corrected chi connectivity index (χ4v) is 3.88. The standard InChI is InChI=1S/C12H26N2O2S/c1-12(2,3)10-17(15,16)14(4)9-11-7-5-6-8-13-11/h11,13H,5-10H2,1-4H3. The maximum atomic E-state index is 12.1. The van der Waals surface area contributed by atoms with Crippen molar-refractivity contribution in [1.82, 2.24) is 9.62 Å². The third kappa shape index (κ3) is 5.36. The highest BCUT2D eigenvalue weighted by Crippen LogP contribution is 2.19. The van der Waals surface area contributed by atoms with E-state index in [1.54, 1.807) is 7.05 Å². The Morgan fingerprint density at radius 1 is 1.29 bits per heavy atom. The number of likely N-dealkylation sites (N-methyl/N-ethyl adjacent to an activating group) is 1. The van der Waals surface area contributed by atoms with Crippen LogP contribution in [0.25, 0.3) is 0 Å². The Bertz CT molecular complexity index is 327. The lowest BCUT2D eigenvalue weighted by Gasteiger charge is -2.29. The van der Waals surface area contributed by atoms with Crippen LogP contribution in [0.5, 0.6) is 0 Å². The van der Waals surface area contributed by atoms with Gasteiger partial charge in [-0.15, -0.1) is 0 Å². The maximum Gasteiger partial charge on any atom is 0.214 e. The van der Waals surface area contributed by atoms with Crippen LogP contribution in [0.15, 0.2) is 0 Å². The van der Waals surface area contributed by atoms with Crippen LogP contribution < -0.4 is 5.32 Å². The number of piperidine rings is 1. The molecule has 0 spiro atoms. The molecule has 0 bridgehead atoms. The van der Waals surface area contributed by atoms with Crippen molar-refractivity contribution >= 4 is 10.0 Å². The highest BCUT2D eigenvalue weighted by Gasteiger charge is 2.27. The van der Waals surface area contributed by atoms with Gasteiger partial charge in [-0.3, -0.25) is 0 Å². The molecule has 0 aromatic rings. The lowest BCUT2D eigenvalue weighted by atomic mass is 10.0. The Morgan fingerprint density at radius 2 is 1.94 bits per heavy atom. The predicted molar refractivity (Wildman–Crippen MR) is 71.5 cm³/mol. The molecule has 1 N–H and O–H groups in total. The number of hydrogen-bond acceptors (Lipinski definition) is 3. The Labute approximate surface area is 106 Å². The Hall–Kier alpha value is -0.130. The van der Waals surface area contributed by atoms with Crippen LogP contribution in [-0.2, 0) is 10.0 Å². The first kappa shape index (κ1) is 14.9. The lowest BCUT2D eigenvalue weighted by molar-refractivity contribution is 0.333. The number of sulfonamides is 1. The van der Waals surface area contributed by atoms with Crippen LogP contribution in [0.3, 0.4) is 0 Å². The predicted octanol–water partition coefficient (Wildman–Crippen LogP) is 1.44. The molecule has 0 saturated carbocycles. The fraction of sp³-hybridized carbons (Fsp3) is 1.00. The number of rotatable bonds is 4. The molecule has 1 fully saturated rings. The fourth-order valence-electron chi connectivity index (χ4n) is 2.16. The largest absolute Gasteiger partial charge is 0.313 e. The first-order valence-electron chi connectivity index (χ1n) is 6.38. The van der Waals surface area contributed by atoms with Gasteiger partial charge in [-0.2, -0.15) is 0 Å². The van der Waals surface area contributed by atoms with Crippen LogP contribution in [0.2, 0.25) is 0 Å². The van der Waals surface area contributed by atoms with Crippen molar-refractivity contribution in [2.75, 3.05) is 25.9 Å². The summed E-state index contributed by atoms with van der Waals surface area (Å²) in [6.45, 7) is 7.47. The molecule has 0 aromatic carbocycles. The van der Waals surface area contributed by atoms with Gasteiger partial charge in [0.2, 0.25) is 10.0 Å². The van der Waals surface area contributed by atoms with E-state index in [2.05, 4.69) is 5.32 Å². The van der Waals surface area contributed by atoms with Crippen molar-refractivity contribution in [3.8, 4) is 0 Å². The van der Waals surface area contributed by atoms with Gasteiger partial charge in [-0.1, -0.05) is 27.2 Å². The van der Waals surface area contributed by atoms with Crippen LogP contribution in [-0.4, -0.2) is 44.7 Å². The number of nitrogens with one attached hydrogen (secondary N) is 1. The summed E-state index contributed by atoms with van der Waals surface area (Å²) in [5.41, 5.74) is -0.187. The highest BCUT2D eigenvalue weighted by atomic mass is 32.2. The summed E-state index contributed by atoms with van der Waals surface area (Å²) in [4.78, 5) is 0. The SMILES string of the molecule is CN(CC1CCCCN1)S(=O)(=O)CC(C)(C)C. The average molecular weight is 262 g/mol. The van der Waals surface area contributed by atoms with E-state index in [4.69, 9.17) is 0 Å². The van der Waals surface area contributed by atoms with Crippen molar-refractivity contribution in [1.29, 1.82) is 0 Å². The molecule has 1 aliphatic heterocycles. The summed E-state index contributed by atoms with van der Waals surface area (Å²) < 4.78 is 25.8. The third-order valence-corrected chi connectivity index (χ3v) is 5.31. The maximum absolute atomic E-state index is 12.1. The van der Waals surface area contributed by atoms with E-state index in [0.29, 0.717) is 12.6 Å². The summed E-state index contributed by atoms with van der Waals surface area (Å²) in [7, 11) is -1.43. The normalized spacial score (nSPS) is 23.0. The van der Waals surface area contributed by atoms with Gasteiger partial charge < -0.3 is 5.32 Å². The topological polar surface area (TPSA) is 49.4 Å². The van der Waals surface area contributed by atoms with E-state index in [0.717, 1.165) is 13.0 Å². The zero-order chi connectivity index (χ0) is 13.1. The Balaban J connectivity index is 2.53. The van der Waals surface area contributed by atoms with Crippen LogP contribution >= 0.6 is 0 Å². The van der Waals surface area contributed by atoms with E-state index in [1.165, 1.54) is 17.1 Å². The first-order chi connectivity index (χ1) is 7.71. The first-order valence-corrected chi connectivity index (χ1v) is 7.99. The molecular formula is C12H26N2O2S. The average Bonchev–Trinajstić information content (AvgIpc) is 2.15. The summed E-state index contributed by atoms with van der Waals surface area (Å²) in [5.74, 6) is 0.212.